The predicted molar refractivity (Wildman–Crippen MR) is 147 cm³/mol. The number of unbranched alkanes of at least 4 members (excludes halogenated alkanes) is 2. The summed E-state index contributed by atoms with van der Waals surface area (Å²) in [5.41, 5.74) is 0.127. The first-order valence-corrected chi connectivity index (χ1v) is 13.6. The molecule has 3 unspecified atom stereocenters. The Hall–Kier alpha value is -2.97. The lowest BCUT2D eigenvalue weighted by atomic mass is 9.95. The van der Waals surface area contributed by atoms with Gasteiger partial charge >= 0.3 is 5.97 Å². The van der Waals surface area contributed by atoms with E-state index in [-0.39, 0.29) is 43.8 Å². The van der Waals surface area contributed by atoms with E-state index < -0.39 is 23.6 Å². The third-order valence-electron chi connectivity index (χ3n) is 6.99. The van der Waals surface area contributed by atoms with Gasteiger partial charge in [0.1, 0.15) is 6.10 Å². The van der Waals surface area contributed by atoms with Crippen molar-refractivity contribution in [2.24, 2.45) is 5.92 Å². The van der Waals surface area contributed by atoms with Crippen LogP contribution in [0.5, 0.6) is 0 Å². The van der Waals surface area contributed by atoms with Gasteiger partial charge in [0.25, 0.3) is 0 Å². The average Bonchev–Trinajstić information content (AvgIpc) is 3.38. The summed E-state index contributed by atoms with van der Waals surface area (Å²) in [5.74, 6) is -1.66. The van der Waals surface area contributed by atoms with Gasteiger partial charge in [-0.3, -0.25) is 14.4 Å². The zero-order chi connectivity index (χ0) is 27.8. The smallest absolute Gasteiger partial charge is 0.306 e. The fourth-order valence-electron chi connectivity index (χ4n) is 4.90. The van der Waals surface area contributed by atoms with E-state index in [4.69, 9.17) is 9.47 Å². The summed E-state index contributed by atoms with van der Waals surface area (Å²) < 4.78 is 11.3. The van der Waals surface area contributed by atoms with Crippen LogP contribution in [0.1, 0.15) is 75.9 Å². The molecular formula is C30H44N2O6. The van der Waals surface area contributed by atoms with Gasteiger partial charge in [-0.2, -0.15) is 0 Å². The number of carbonyl (C=O) groups is 3. The molecule has 1 aliphatic rings. The number of aliphatic hydroxyl groups is 1. The number of allylic oxidation sites excluding steroid dienone is 2. The van der Waals surface area contributed by atoms with Crippen molar-refractivity contribution >= 4 is 17.8 Å². The van der Waals surface area contributed by atoms with Crippen LogP contribution in [0.15, 0.2) is 55.6 Å². The number of carbonyl (C=O) groups excluding carboxylic acids is 3. The Morgan fingerprint density at radius 3 is 2.42 bits per heavy atom. The van der Waals surface area contributed by atoms with Gasteiger partial charge < -0.3 is 25.2 Å². The molecule has 0 aromatic heterocycles. The predicted octanol–water partition coefficient (Wildman–Crippen LogP) is 4.15. The maximum atomic E-state index is 13.4. The maximum absolute atomic E-state index is 13.4. The fourth-order valence-corrected chi connectivity index (χ4v) is 4.90. The molecular weight excluding hydrogens is 484 g/mol. The lowest BCUT2D eigenvalue weighted by molar-refractivity contribution is -0.153. The number of amides is 2. The molecule has 0 spiro atoms. The Morgan fingerprint density at radius 2 is 1.82 bits per heavy atom. The number of hydrogen-bond donors (Lipinski definition) is 3. The lowest BCUT2D eigenvalue weighted by Gasteiger charge is -2.30. The van der Waals surface area contributed by atoms with Gasteiger partial charge in [-0.1, -0.05) is 55.3 Å². The van der Waals surface area contributed by atoms with Gasteiger partial charge in [0.2, 0.25) is 11.8 Å². The van der Waals surface area contributed by atoms with E-state index in [1.807, 2.05) is 36.4 Å². The van der Waals surface area contributed by atoms with E-state index in [1.54, 1.807) is 6.08 Å². The molecule has 1 aromatic carbocycles. The Balaban J connectivity index is 2.15. The summed E-state index contributed by atoms with van der Waals surface area (Å²) in [6.07, 6.45) is 8.87. The lowest BCUT2D eigenvalue weighted by Crippen LogP contribution is -2.51. The number of methoxy groups -OCH3 is 1. The van der Waals surface area contributed by atoms with E-state index in [1.165, 1.54) is 7.11 Å². The van der Waals surface area contributed by atoms with Crippen molar-refractivity contribution in [3.8, 4) is 0 Å². The molecule has 38 heavy (non-hydrogen) atoms. The van der Waals surface area contributed by atoms with Crippen LogP contribution in [0.2, 0.25) is 0 Å². The SMILES string of the molecule is C=CCCCCC(=O)OC(c1ccccc1)C(COC)NC(=O)C(CC=C)CC(=O)NC1(CO)CCCC1. The topological polar surface area (TPSA) is 114 Å². The maximum Gasteiger partial charge on any atom is 0.306 e. The van der Waals surface area contributed by atoms with Crippen LogP contribution in [0.3, 0.4) is 0 Å². The van der Waals surface area contributed by atoms with Crippen LogP contribution in [-0.2, 0) is 23.9 Å². The Labute approximate surface area is 226 Å². The van der Waals surface area contributed by atoms with E-state index >= 15 is 0 Å². The molecule has 8 nitrogen and oxygen atoms in total. The number of benzene rings is 1. The van der Waals surface area contributed by atoms with Gasteiger partial charge in [-0.05, 0) is 44.1 Å². The third kappa shape index (κ3) is 10.1. The Bertz CT molecular complexity index is 897. The molecule has 0 heterocycles. The minimum Gasteiger partial charge on any atom is -0.455 e. The number of esters is 1. The molecule has 0 radical (unpaired) electrons. The summed E-state index contributed by atoms with van der Waals surface area (Å²) in [7, 11) is 1.52. The third-order valence-corrected chi connectivity index (χ3v) is 6.99. The summed E-state index contributed by atoms with van der Waals surface area (Å²) in [5, 5.41) is 15.8. The molecule has 0 aliphatic heterocycles. The number of ether oxygens (including phenoxy) is 2. The van der Waals surface area contributed by atoms with E-state index in [2.05, 4.69) is 23.8 Å². The minimum atomic E-state index is -0.763. The Kier molecular flexibility index (Phi) is 13.8. The fraction of sp³-hybridized carbons (Fsp3) is 0.567. The summed E-state index contributed by atoms with van der Waals surface area (Å²) in [6, 6.07) is 8.57. The van der Waals surface area contributed by atoms with Crippen LogP contribution in [0, 0.1) is 5.92 Å². The monoisotopic (exact) mass is 528 g/mol. The van der Waals surface area contributed by atoms with Crippen molar-refractivity contribution in [2.45, 2.75) is 81.9 Å². The van der Waals surface area contributed by atoms with Crippen molar-refractivity contribution < 1.29 is 29.0 Å². The van der Waals surface area contributed by atoms with Crippen LogP contribution in [0.4, 0.5) is 0 Å². The van der Waals surface area contributed by atoms with E-state index in [0.717, 1.165) is 44.1 Å². The summed E-state index contributed by atoms with van der Waals surface area (Å²) >= 11 is 0. The van der Waals surface area contributed by atoms with E-state index in [9.17, 15) is 19.5 Å². The van der Waals surface area contributed by atoms with Crippen molar-refractivity contribution in [3.63, 3.8) is 0 Å². The molecule has 210 valence electrons. The molecule has 2 amide bonds. The second-order valence-electron chi connectivity index (χ2n) is 10.0. The van der Waals surface area contributed by atoms with Gasteiger partial charge in [-0.15, -0.1) is 13.2 Å². The molecule has 3 atom stereocenters. The first-order valence-electron chi connectivity index (χ1n) is 13.6. The van der Waals surface area contributed by atoms with Crippen molar-refractivity contribution in [1.29, 1.82) is 0 Å². The Morgan fingerprint density at radius 1 is 1.11 bits per heavy atom. The molecule has 1 saturated carbocycles. The minimum absolute atomic E-state index is 0.0433. The van der Waals surface area contributed by atoms with Crippen LogP contribution < -0.4 is 10.6 Å². The van der Waals surface area contributed by atoms with Gasteiger partial charge in [0, 0.05) is 20.0 Å². The number of aliphatic hydroxyl groups excluding tert-OH is 1. The van der Waals surface area contributed by atoms with Gasteiger partial charge in [0.15, 0.2) is 0 Å². The highest BCUT2D eigenvalue weighted by Crippen LogP contribution is 2.30. The highest BCUT2D eigenvalue weighted by atomic mass is 16.5. The molecule has 1 aliphatic carbocycles. The van der Waals surface area contributed by atoms with Crippen LogP contribution in [-0.4, -0.2) is 54.8 Å². The summed E-state index contributed by atoms with van der Waals surface area (Å²) in [4.78, 5) is 39.0. The molecule has 1 fully saturated rings. The molecule has 3 N–H and O–H groups in total. The van der Waals surface area contributed by atoms with E-state index in [0.29, 0.717) is 12.8 Å². The van der Waals surface area contributed by atoms with Crippen molar-refractivity contribution in [2.75, 3.05) is 20.3 Å². The highest BCUT2D eigenvalue weighted by Gasteiger charge is 2.36. The van der Waals surface area contributed by atoms with Crippen LogP contribution >= 0.6 is 0 Å². The zero-order valence-corrected chi connectivity index (χ0v) is 22.7. The van der Waals surface area contributed by atoms with Gasteiger partial charge in [0.05, 0.1) is 30.7 Å². The van der Waals surface area contributed by atoms with Crippen molar-refractivity contribution in [3.05, 3.63) is 61.2 Å². The zero-order valence-electron chi connectivity index (χ0n) is 22.7. The molecule has 8 heteroatoms. The molecule has 2 rings (SSSR count). The number of hydrogen-bond acceptors (Lipinski definition) is 6. The second-order valence-corrected chi connectivity index (χ2v) is 10.0. The van der Waals surface area contributed by atoms with Crippen molar-refractivity contribution in [1.82, 2.24) is 10.6 Å². The molecule has 0 bridgehead atoms. The largest absolute Gasteiger partial charge is 0.455 e. The molecule has 0 saturated heterocycles. The summed E-state index contributed by atoms with van der Waals surface area (Å²) in [6.45, 7) is 7.44. The first kappa shape index (κ1) is 31.2. The van der Waals surface area contributed by atoms with Gasteiger partial charge in [-0.25, -0.2) is 0 Å². The average molecular weight is 529 g/mol. The normalized spacial score (nSPS) is 16.6. The number of rotatable bonds is 18. The van der Waals surface area contributed by atoms with Crippen LogP contribution in [0.25, 0.3) is 0 Å². The quantitative estimate of drug-likeness (QED) is 0.150. The second kappa shape index (κ2) is 16.8. The molecule has 1 aromatic rings. The standard InChI is InChI=1S/C30H44N2O6/c1-4-6-7-11-17-27(35)38-28(23-15-9-8-10-16-23)25(21-37-3)31-29(36)24(14-5-2)20-26(34)32-30(22-33)18-12-13-19-30/h4-5,8-10,15-16,24-25,28,33H,1-2,6-7,11-14,17-22H2,3H3,(H,31,36)(H,32,34). The first-order chi connectivity index (χ1) is 18.4. The highest BCUT2D eigenvalue weighted by molar-refractivity contribution is 5.86. The number of nitrogens with one attached hydrogen (secondary N) is 2.